The molecule has 0 bridgehead atoms. The highest BCUT2D eigenvalue weighted by molar-refractivity contribution is 6.34. The molecule has 0 aliphatic carbocycles. The van der Waals surface area contributed by atoms with Crippen LogP contribution in [0.25, 0.3) is 0 Å². The molecule has 0 saturated carbocycles. The summed E-state index contributed by atoms with van der Waals surface area (Å²) >= 11 is 6.22. The number of halogens is 1. The van der Waals surface area contributed by atoms with Gasteiger partial charge in [0.2, 0.25) is 5.91 Å². The van der Waals surface area contributed by atoms with E-state index in [9.17, 15) is 9.90 Å². The second-order valence-electron chi connectivity index (χ2n) is 5.56. The third-order valence-corrected chi connectivity index (χ3v) is 3.87. The topological polar surface area (TPSA) is 49.3 Å². The van der Waals surface area contributed by atoms with Crippen molar-refractivity contribution in [3.05, 3.63) is 28.3 Å². The molecule has 104 valence electrons. The molecule has 0 saturated heterocycles. The molecule has 2 N–H and O–H groups in total. The Kier molecular flexibility index (Phi) is 4.16. The molecule has 1 aromatic rings. The predicted molar refractivity (Wildman–Crippen MR) is 77.5 cm³/mol. The number of aliphatic hydroxyl groups is 1. The number of rotatable bonds is 4. The summed E-state index contributed by atoms with van der Waals surface area (Å²) in [6.07, 6.45) is 0.891. The number of benzene rings is 1. The number of carbonyl (C=O) groups excluding carboxylic acids is 1. The third kappa shape index (κ3) is 2.77. The van der Waals surface area contributed by atoms with Crippen molar-refractivity contribution in [3.63, 3.8) is 0 Å². The lowest BCUT2D eigenvalue weighted by Gasteiger charge is -2.16. The van der Waals surface area contributed by atoms with Gasteiger partial charge in [-0.15, -0.1) is 0 Å². The van der Waals surface area contributed by atoms with Gasteiger partial charge < -0.3 is 10.4 Å². The minimum absolute atomic E-state index is 0.00472. The largest absolute Gasteiger partial charge is 0.388 e. The van der Waals surface area contributed by atoms with E-state index in [0.717, 1.165) is 17.5 Å². The zero-order valence-corrected chi connectivity index (χ0v) is 12.3. The minimum Gasteiger partial charge on any atom is -0.388 e. The lowest BCUT2D eigenvalue weighted by atomic mass is 9.93. The van der Waals surface area contributed by atoms with Gasteiger partial charge >= 0.3 is 0 Å². The molecule has 4 heteroatoms. The van der Waals surface area contributed by atoms with E-state index in [1.54, 1.807) is 6.07 Å². The Bertz CT molecular complexity index is 499. The SMILES string of the molecule is CCC1C(=O)Nc2c(Cl)cc(C(O)CC(C)C)cc21. The van der Waals surface area contributed by atoms with E-state index in [4.69, 9.17) is 11.6 Å². The van der Waals surface area contributed by atoms with E-state index in [-0.39, 0.29) is 11.8 Å². The van der Waals surface area contributed by atoms with E-state index in [2.05, 4.69) is 19.2 Å². The first-order valence-corrected chi connectivity index (χ1v) is 7.14. The van der Waals surface area contributed by atoms with Crippen molar-refractivity contribution in [2.45, 2.75) is 45.6 Å². The van der Waals surface area contributed by atoms with Gasteiger partial charge in [-0.25, -0.2) is 0 Å². The lowest BCUT2D eigenvalue weighted by Crippen LogP contribution is -2.10. The molecule has 1 aromatic carbocycles. The van der Waals surface area contributed by atoms with Crippen molar-refractivity contribution in [3.8, 4) is 0 Å². The summed E-state index contributed by atoms with van der Waals surface area (Å²) in [5.74, 6) is 0.248. The van der Waals surface area contributed by atoms with Gasteiger partial charge in [0.25, 0.3) is 0 Å². The molecule has 1 amide bonds. The Labute approximate surface area is 119 Å². The van der Waals surface area contributed by atoms with Crippen LogP contribution in [0.4, 0.5) is 5.69 Å². The number of anilines is 1. The molecule has 0 radical (unpaired) electrons. The molecule has 3 nitrogen and oxygen atoms in total. The summed E-state index contributed by atoms with van der Waals surface area (Å²) in [6.45, 7) is 6.11. The molecule has 2 rings (SSSR count). The molecule has 1 aliphatic heterocycles. The second-order valence-corrected chi connectivity index (χ2v) is 5.97. The first kappa shape index (κ1) is 14.4. The number of nitrogens with one attached hydrogen (secondary N) is 1. The molecule has 0 fully saturated rings. The van der Waals surface area contributed by atoms with Gasteiger partial charge in [0.15, 0.2) is 0 Å². The molecule has 19 heavy (non-hydrogen) atoms. The van der Waals surface area contributed by atoms with Gasteiger partial charge in [-0.2, -0.15) is 0 Å². The molecule has 1 aliphatic rings. The van der Waals surface area contributed by atoms with Crippen LogP contribution in [0.15, 0.2) is 12.1 Å². The van der Waals surface area contributed by atoms with Crippen LogP contribution in [-0.4, -0.2) is 11.0 Å². The van der Waals surface area contributed by atoms with E-state index in [1.165, 1.54) is 0 Å². The quantitative estimate of drug-likeness (QED) is 0.880. The molecular formula is C15H20ClNO2. The first-order chi connectivity index (χ1) is 8.93. The molecule has 1 heterocycles. The van der Waals surface area contributed by atoms with Gasteiger partial charge in [0.1, 0.15) is 0 Å². The van der Waals surface area contributed by atoms with Crippen molar-refractivity contribution in [2.24, 2.45) is 5.92 Å². The van der Waals surface area contributed by atoms with E-state index < -0.39 is 6.10 Å². The number of aliphatic hydroxyl groups excluding tert-OH is 1. The predicted octanol–water partition coefficient (Wildman–Crippen LogP) is 3.87. The Morgan fingerprint density at radius 1 is 1.42 bits per heavy atom. The Balaban J connectivity index is 2.38. The van der Waals surface area contributed by atoms with E-state index in [1.807, 2.05) is 13.0 Å². The number of hydrogen-bond donors (Lipinski definition) is 2. The second kappa shape index (κ2) is 5.51. The zero-order chi connectivity index (χ0) is 14.2. The molecule has 2 unspecified atom stereocenters. The standard InChI is InChI=1S/C15H20ClNO2/c1-4-10-11-6-9(13(18)5-8(2)3)7-12(16)14(11)17-15(10)19/h6-8,10,13,18H,4-5H2,1-3H3,(H,17,19). The maximum Gasteiger partial charge on any atom is 0.232 e. The smallest absolute Gasteiger partial charge is 0.232 e. The van der Waals surface area contributed by atoms with Crippen molar-refractivity contribution in [1.29, 1.82) is 0 Å². The summed E-state index contributed by atoms with van der Waals surface area (Å²) in [5, 5.41) is 13.5. The van der Waals surface area contributed by atoms with Crippen LogP contribution in [0.3, 0.4) is 0 Å². The van der Waals surface area contributed by atoms with Crippen LogP contribution in [0.1, 0.15) is 56.8 Å². The fourth-order valence-electron chi connectivity index (χ4n) is 2.59. The fraction of sp³-hybridized carbons (Fsp3) is 0.533. The number of carbonyl (C=O) groups is 1. The molecule has 2 atom stereocenters. The van der Waals surface area contributed by atoms with Crippen molar-refractivity contribution in [2.75, 3.05) is 5.32 Å². The van der Waals surface area contributed by atoms with Gasteiger partial charge in [0, 0.05) is 0 Å². The highest BCUT2D eigenvalue weighted by Gasteiger charge is 2.31. The van der Waals surface area contributed by atoms with Crippen LogP contribution >= 0.6 is 11.6 Å². The van der Waals surface area contributed by atoms with Crippen LogP contribution < -0.4 is 5.32 Å². The average Bonchev–Trinajstić information content (AvgIpc) is 2.64. The van der Waals surface area contributed by atoms with Crippen LogP contribution in [-0.2, 0) is 4.79 Å². The fourth-order valence-corrected chi connectivity index (χ4v) is 2.87. The Hall–Kier alpha value is -1.06. The van der Waals surface area contributed by atoms with Crippen molar-refractivity contribution < 1.29 is 9.90 Å². The highest BCUT2D eigenvalue weighted by Crippen LogP contribution is 2.41. The van der Waals surface area contributed by atoms with Crippen molar-refractivity contribution in [1.82, 2.24) is 0 Å². The maximum atomic E-state index is 11.8. The minimum atomic E-state index is -0.531. The van der Waals surface area contributed by atoms with Gasteiger partial charge in [-0.3, -0.25) is 4.79 Å². The third-order valence-electron chi connectivity index (χ3n) is 3.57. The Morgan fingerprint density at radius 2 is 2.11 bits per heavy atom. The number of hydrogen-bond acceptors (Lipinski definition) is 2. The van der Waals surface area contributed by atoms with E-state index >= 15 is 0 Å². The molecule has 0 aromatic heterocycles. The normalized spacial score (nSPS) is 19.5. The zero-order valence-electron chi connectivity index (χ0n) is 11.5. The summed E-state index contributed by atoms with van der Waals surface area (Å²) in [5.41, 5.74) is 2.42. The molecule has 0 spiro atoms. The molecular weight excluding hydrogens is 262 g/mol. The maximum absolute atomic E-state index is 11.8. The average molecular weight is 282 g/mol. The van der Waals surface area contributed by atoms with Gasteiger partial charge in [0.05, 0.1) is 22.7 Å². The number of amides is 1. The summed E-state index contributed by atoms with van der Waals surface area (Å²) in [6, 6.07) is 3.67. The van der Waals surface area contributed by atoms with Crippen LogP contribution in [0.5, 0.6) is 0 Å². The van der Waals surface area contributed by atoms with Crippen LogP contribution in [0, 0.1) is 5.92 Å². The van der Waals surface area contributed by atoms with Crippen molar-refractivity contribution >= 4 is 23.2 Å². The monoisotopic (exact) mass is 281 g/mol. The van der Waals surface area contributed by atoms with E-state index in [0.29, 0.717) is 23.0 Å². The Morgan fingerprint density at radius 3 is 2.68 bits per heavy atom. The van der Waals surface area contributed by atoms with Crippen LogP contribution in [0.2, 0.25) is 5.02 Å². The first-order valence-electron chi connectivity index (χ1n) is 6.76. The summed E-state index contributed by atoms with van der Waals surface area (Å²) < 4.78 is 0. The lowest BCUT2D eigenvalue weighted by molar-refractivity contribution is -0.117. The highest BCUT2D eigenvalue weighted by atomic mass is 35.5. The van der Waals surface area contributed by atoms with Gasteiger partial charge in [-0.05, 0) is 36.0 Å². The number of fused-ring (bicyclic) bond motifs is 1. The summed E-state index contributed by atoms with van der Waals surface area (Å²) in [4.78, 5) is 11.8. The van der Waals surface area contributed by atoms with Gasteiger partial charge in [-0.1, -0.05) is 38.4 Å². The summed E-state index contributed by atoms with van der Waals surface area (Å²) in [7, 11) is 0.